The van der Waals surface area contributed by atoms with Gasteiger partial charge in [-0.25, -0.2) is 9.97 Å². The molecule has 100 valence electrons. The second-order valence-electron chi connectivity index (χ2n) is 4.74. The molecule has 0 radical (unpaired) electrons. The van der Waals surface area contributed by atoms with Gasteiger partial charge in [0.15, 0.2) is 0 Å². The fourth-order valence-electron chi connectivity index (χ4n) is 1.64. The molecular weight excluding hydrogens is 230 g/mol. The number of hydrogen-bond donors (Lipinski definition) is 2. The molecule has 5 nitrogen and oxygen atoms in total. The quantitative estimate of drug-likeness (QED) is 0.778. The maximum absolute atomic E-state index is 10.7. The summed E-state index contributed by atoms with van der Waals surface area (Å²) in [7, 11) is 0. The molecule has 0 aliphatic carbocycles. The predicted molar refractivity (Wildman–Crippen MR) is 70.6 cm³/mol. The minimum Gasteiger partial charge on any atom is -0.481 e. The molecule has 18 heavy (non-hydrogen) atoms. The zero-order valence-electron chi connectivity index (χ0n) is 11.2. The summed E-state index contributed by atoms with van der Waals surface area (Å²) < 4.78 is 0. The highest BCUT2D eigenvalue weighted by atomic mass is 16.4. The van der Waals surface area contributed by atoms with Crippen LogP contribution in [0.3, 0.4) is 0 Å². The minimum absolute atomic E-state index is 0.125. The van der Waals surface area contributed by atoms with Crippen molar-refractivity contribution in [2.75, 3.05) is 11.9 Å². The molecule has 1 aromatic heterocycles. The zero-order chi connectivity index (χ0) is 13.5. The lowest BCUT2D eigenvalue weighted by atomic mass is 10.0. The van der Waals surface area contributed by atoms with Gasteiger partial charge in [-0.1, -0.05) is 27.2 Å². The number of nitrogens with one attached hydrogen (secondary N) is 1. The van der Waals surface area contributed by atoms with Gasteiger partial charge >= 0.3 is 5.97 Å². The van der Waals surface area contributed by atoms with Gasteiger partial charge in [0.25, 0.3) is 0 Å². The summed E-state index contributed by atoms with van der Waals surface area (Å²) >= 11 is 0. The van der Waals surface area contributed by atoms with Crippen LogP contribution in [0.25, 0.3) is 0 Å². The van der Waals surface area contributed by atoms with E-state index >= 15 is 0 Å². The molecule has 0 spiro atoms. The van der Waals surface area contributed by atoms with E-state index < -0.39 is 5.97 Å². The Morgan fingerprint density at radius 1 is 1.44 bits per heavy atom. The van der Waals surface area contributed by atoms with Crippen molar-refractivity contribution in [3.05, 3.63) is 18.1 Å². The first kappa shape index (κ1) is 14.4. The summed E-state index contributed by atoms with van der Waals surface area (Å²) in [5.74, 6) is 0.487. The molecule has 0 saturated carbocycles. The van der Waals surface area contributed by atoms with E-state index in [1.165, 1.54) is 6.33 Å². The van der Waals surface area contributed by atoms with Crippen LogP contribution in [0, 0.1) is 5.92 Å². The maximum Gasteiger partial charge on any atom is 0.303 e. The molecule has 2 N–H and O–H groups in total. The van der Waals surface area contributed by atoms with Gasteiger partial charge in [0.1, 0.15) is 12.1 Å². The van der Waals surface area contributed by atoms with Gasteiger partial charge in [0.05, 0.1) is 0 Å². The number of carboxylic acids is 1. The van der Waals surface area contributed by atoms with Crippen LogP contribution in [0.15, 0.2) is 12.4 Å². The van der Waals surface area contributed by atoms with E-state index in [4.69, 9.17) is 5.11 Å². The molecule has 0 saturated heterocycles. The summed E-state index contributed by atoms with van der Waals surface area (Å²) in [6.45, 7) is 6.77. The highest BCUT2D eigenvalue weighted by Gasteiger charge is 2.11. The number of carbonyl (C=O) groups is 1. The van der Waals surface area contributed by atoms with Crippen molar-refractivity contribution < 1.29 is 9.90 Å². The lowest BCUT2D eigenvalue weighted by molar-refractivity contribution is -0.138. The highest BCUT2D eigenvalue weighted by Crippen LogP contribution is 2.15. The molecule has 1 rings (SSSR count). The van der Waals surface area contributed by atoms with Crippen molar-refractivity contribution in [3.63, 3.8) is 0 Å². The van der Waals surface area contributed by atoms with E-state index in [0.717, 1.165) is 17.9 Å². The predicted octanol–water partition coefficient (Wildman–Crippen LogP) is 2.51. The zero-order valence-corrected chi connectivity index (χ0v) is 11.2. The fourth-order valence-corrected chi connectivity index (χ4v) is 1.64. The monoisotopic (exact) mass is 251 g/mol. The molecule has 0 fully saturated rings. The van der Waals surface area contributed by atoms with Gasteiger partial charge in [-0.15, -0.1) is 0 Å². The van der Waals surface area contributed by atoms with Crippen LogP contribution in [0.4, 0.5) is 5.82 Å². The van der Waals surface area contributed by atoms with Gasteiger partial charge in [-0.3, -0.25) is 4.79 Å². The Hall–Kier alpha value is -1.65. The number of carboxylic acid groups (broad SMARTS) is 1. The standard InChI is InChI=1S/C13H21N3O2/c1-4-10(5-13(17)18)7-14-12-6-11(9(2)3)15-8-16-12/h6,8-10H,4-5,7H2,1-3H3,(H,17,18)(H,14,15,16). The fraction of sp³-hybridized carbons (Fsp3) is 0.615. The third-order valence-electron chi connectivity index (χ3n) is 2.89. The molecule has 0 bridgehead atoms. The molecule has 0 aromatic carbocycles. The molecule has 5 heteroatoms. The summed E-state index contributed by atoms with van der Waals surface area (Å²) in [5, 5.41) is 12.0. The van der Waals surface area contributed by atoms with E-state index in [9.17, 15) is 4.79 Å². The van der Waals surface area contributed by atoms with E-state index in [2.05, 4.69) is 29.1 Å². The van der Waals surface area contributed by atoms with Crippen LogP contribution in [0.5, 0.6) is 0 Å². The van der Waals surface area contributed by atoms with Crippen molar-refractivity contribution >= 4 is 11.8 Å². The summed E-state index contributed by atoms with van der Waals surface area (Å²) in [5.41, 5.74) is 0.985. The van der Waals surface area contributed by atoms with Crippen molar-refractivity contribution in [2.24, 2.45) is 5.92 Å². The number of nitrogens with zero attached hydrogens (tertiary/aromatic N) is 2. The number of hydrogen-bond acceptors (Lipinski definition) is 4. The van der Waals surface area contributed by atoms with Crippen LogP contribution in [-0.4, -0.2) is 27.6 Å². The van der Waals surface area contributed by atoms with E-state index in [1.807, 2.05) is 13.0 Å². The van der Waals surface area contributed by atoms with Gasteiger partial charge in [-0.05, 0) is 11.8 Å². The summed E-state index contributed by atoms with van der Waals surface area (Å²) in [6.07, 6.45) is 2.56. The molecule has 0 aliphatic heterocycles. The average Bonchev–Trinajstić information content (AvgIpc) is 2.34. The molecule has 1 unspecified atom stereocenters. The Kier molecular flexibility index (Phi) is 5.55. The third kappa shape index (κ3) is 4.69. The Bertz CT molecular complexity index is 394. The number of aromatic nitrogens is 2. The first-order valence-electron chi connectivity index (χ1n) is 6.30. The smallest absolute Gasteiger partial charge is 0.303 e. The molecule has 1 atom stereocenters. The number of rotatable bonds is 7. The Morgan fingerprint density at radius 3 is 2.72 bits per heavy atom. The van der Waals surface area contributed by atoms with Gasteiger partial charge in [0, 0.05) is 24.7 Å². The van der Waals surface area contributed by atoms with Gasteiger partial charge in [-0.2, -0.15) is 0 Å². The van der Waals surface area contributed by atoms with Crippen LogP contribution >= 0.6 is 0 Å². The summed E-state index contributed by atoms with van der Waals surface area (Å²) in [4.78, 5) is 19.0. The topological polar surface area (TPSA) is 75.1 Å². The van der Waals surface area contributed by atoms with Crippen LogP contribution in [-0.2, 0) is 4.79 Å². The van der Waals surface area contributed by atoms with Crippen molar-refractivity contribution in [2.45, 2.75) is 39.5 Å². The maximum atomic E-state index is 10.7. The Morgan fingerprint density at radius 2 is 2.17 bits per heavy atom. The van der Waals surface area contributed by atoms with Crippen molar-refractivity contribution in [1.82, 2.24) is 9.97 Å². The summed E-state index contributed by atoms with van der Waals surface area (Å²) in [6, 6.07) is 1.91. The van der Waals surface area contributed by atoms with Crippen LogP contribution < -0.4 is 5.32 Å². The molecule has 1 aromatic rings. The molecule has 0 aliphatic rings. The second kappa shape index (κ2) is 6.93. The van der Waals surface area contributed by atoms with Gasteiger partial charge < -0.3 is 10.4 Å². The normalized spacial score (nSPS) is 12.4. The molecule has 0 amide bonds. The third-order valence-corrected chi connectivity index (χ3v) is 2.89. The second-order valence-corrected chi connectivity index (χ2v) is 4.74. The average molecular weight is 251 g/mol. The highest BCUT2D eigenvalue weighted by molar-refractivity contribution is 5.67. The van der Waals surface area contributed by atoms with E-state index in [-0.39, 0.29) is 12.3 Å². The van der Waals surface area contributed by atoms with Crippen molar-refractivity contribution in [1.29, 1.82) is 0 Å². The molecular formula is C13H21N3O2. The van der Waals surface area contributed by atoms with Crippen molar-refractivity contribution in [3.8, 4) is 0 Å². The van der Waals surface area contributed by atoms with E-state index in [1.54, 1.807) is 0 Å². The SMILES string of the molecule is CCC(CNc1cc(C(C)C)ncn1)CC(=O)O. The largest absolute Gasteiger partial charge is 0.481 e. The number of aliphatic carboxylic acids is 1. The van der Waals surface area contributed by atoms with E-state index in [0.29, 0.717) is 12.5 Å². The first-order chi connectivity index (χ1) is 8.52. The van der Waals surface area contributed by atoms with Crippen LogP contribution in [0.1, 0.15) is 45.2 Å². The lowest BCUT2D eigenvalue weighted by Gasteiger charge is -2.14. The Balaban J connectivity index is 2.56. The Labute approximate surface area is 108 Å². The van der Waals surface area contributed by atoms with Gasteiger partial charge in [0.2, 0.25) is 0 Å². The van der Waals surface area contributed by atoms with Crippen LogP contribution in [0.2, 0.25) is 0 Å². The minimum atomic E-state index is -0.755. The first-order valence-corrected chi connectivity index (χ1v) is 6.30. The lowest BCUT2D eigenvalue weighted by Crippen LogP contribution is -2.18. The number of anilines is 1. The molecule has 1 heterocycles.